The number of esters is 1. The predicted octanol–water partition coefficient (Wildman–Crippen LogP) is 1.90. The van der Waals surface area contributed by atoms with Gasteiger partial charge in [-0.05, 0) is 6.92 Å². The first-order chi connectivity index (χ1) is 8.72. The molecule has 0 aromatic heterocycles. The average molecular weight is 296 g/mol. The second-order valence-electron chi connectivity index (χ2n) is 4.39. The third-order valence-electron chi connectivity index (χ3n) is 1.55. The number of carbonyl (C=O) groups excluding carboxylic acids is 1. The third kappa shape index (κ3) is 9.81. The predicted molar refractivity (Wildman–Crippen MR) is 70.1 cm³/mol. The topological polar surface area (TPSA) is 71.1 Å². The Bertz CT molecular complexity index is 339. The lowest BCUT2D eigenvalue weighted by Crippen LogP contribution is -2.33. The molecule has 1 atom stereocenters. The van der Waals surface area contributed by atoms with E-state index in [0.717, 1.165) is 0 Å². The summed E-state index contributed by atoms with van der Waals surface area (Å²) in [7, 11) is 1.34. The molecule has 0 bridgehead atoms. The maximum atomic E-state index is 12.2. The Kier molecular flexibility index (Phi) is 8.13. The van der Waals surface area contributed by atoms with E-state index in [1.54, 1.807) is 28.1 Å². The molecule has 112 valence electrons. The summed E-state index contributed by atoms with van der Waals surface area (Å²) in [5, 5.41) is 0. The Morgan fingerprint density at radius 3 is 2.42 bits per heavy atom. The van der Waals surface area contributed by atoms with E-state index in [0.29, 0.717) is 0 Å². The third-order valence-corrected chi connectivity index (χ3v) is 3.31. The Morgan fingerprint density at radius 2 is 1.95 bits per heavy atom. The Morgan fingerprint density at radius 1 is 1.32 bits per heavy atom. The molecule has 0 aliphatic rings. The van der Waals surface area contributed by atoms with Gasteiger partial charge in [0, 0.05) is 0 Å². The molecule has 0 aromatic carbocycles. The number of phosphoric ester groups is 1. The average Bonchev–Trinajstić information content (AvgIpc) is 2.23. The highest BCUT2D eigenvalue weighted by molar-refractivity contribution is 7.48. The molecule has 0 rings (SSSR count). The van der Waals surface area contributed by atoms with Crippen LogP contribution in [0.2, 0.25) is 0 Å². The molecule has 0 amide bonds. The van der Waals surface area contributed by atoms with Gasteiger partial charge >= 0.3 is 13.8 Å². The van der Waals surface area contributed by atoms with E-state index < -0.39 is 13.8 Å². The number of quaternary nitrogens is 1. The number of ether oxygens (including phenoxy) is 1. The van der Waals surface area contributed by atoms with Crippen LogP contribution in [0.1, 0.15) is 13.3 Å². The summed E-state index contributed by atoms with van der Waals surface area (Å²) in [6, 6.07) is 0. The fourth-order valence-corrected chi connectivity index (χ4v) is 2.41. The number of rotatable bonds is 10. The highest BCUT2D eigenvalue weighted by Gasteiger charge is 2.34. The molecule has 0 saturated heterocycles. The summed E-state index contributed by atoms with van der Waals surface area (Å²) in [6.45, 7) is 5.31. The van der Waals surface area contributed by atoms with Gasteiger partial charge in [-0.2, -0.15) is 4.65 Å². The number of carbonyl (C=O) groups is 1. The van der Waals surface area contributed by atoms with Crippen molar-refractivity contribution in [3.8, 4) is 0 Å². The van der Waals surface area contributed by atoms with Gasteiger partial charge in [0.25, 0.3) is 0 Å². The zero-order valence-corrected chi connectivity index (χ0v) is 12.9. The van der Waals surface area contributed by atoms with Gasteiger partial charge in [0.05, 0.1) is 40.8 Å². The molecule has 0 spiro atoms. The molecular weight excluding hydrogens is 273 g/mol. The summed E-state index contributed by atoms with van der Waals surface area (Å²) in [6.07, 6.45) is 1.43. The van der Waals surface area contributed by atoms with Crippen molar-refractivity contribution in [2.45, 2.75) is 13.3 Å². The molecule has 0 aliphatic heterocycles. The molecule has 0 aromatic rings. The van der Waals surface area contributed by atoms with Crippen LogP contribution in [0.15, 0.2) is 12.7 Å². The summed E-state index contributed by atoms with van der Waals surface area (Å²) in [4.78, 5) is 11.2. The first-order valence-electron chi connectivity index (χ1n) is 5.91. The van der Waals surface area contributed by atoms with Crippen molar-refractivity contribution in [3.63, 3.8) is 0 Å². The van der Waals surface area contributed by atoms with Gasteiger partial charge in [-0.15, -0.1) is 0 Å². The van der Waals surface area contributed by atoms with Crippen molar-refractivity contribution < 1.29 is 32.4 Å². The van der Waals surface area contributed by atoms with Crippen LogP contribution in [-0.4, -0.2) is 51.6 Å². The molecule has 0 radical (unpaired) electrons. The molecule has 0 fully saturated rings. The summed E-state index contributed by atoms with van der Waals surface area (Å²) in [5.74, 6) is -0.465. The molecule has 8 heteroatoms. The minimum absolute atomic E-state index is 0.0363. The van der Waals surface area contributed by atoms with Crippen molar-refractivity contribution in [1.29, 1.82) is 0 Å². The Balaban J connectivity index is 4.25. The number of nitrogens with zero attached hydrogens (tertiary/aromatic N) is 1. The van der Waals surface area contributed by atoms with Gasteiger partial charge in [-0.1, -0.05) is 17.3 Å². The maximum Gasteiger partial charge on any atom is 0.520 e. The lowest BCUT2D eigenvalue weighted by Gasteiger charge is -2.25. The molecule has 0 saturated carbocycles. The zero-order valence-electron chi connectivity index (χ0n) is 12.0. The first-order valence-corrected chi connectivity index (χ1v) is 7.37. The van der Waals surface area contributed by atoms with E-state index in [1.807, 2.05) is 0 Å². The van der Waals surface area contributed by atoms with Gasteiger partial charge < -0.3 is 4.74 Å². The first kappa shape index (κ1) is 18.3. The number of hydroxylamine groups is 3. The second kappa shape index (κ2) is 8.45. The summed E-state index contributed by atoms with van der Waals surface area (Å²) in [5.41, 5.74) is 0. The summed E-state index contributed by atoms with van der Waals surface area (Å²) < 4.78 is 32.2. The molecule has 0 aliphatic carbocycles. The van der Waals surface area contributed by atoms with Crippen molar-refractivity contribution in [1.82, 2.24) is 0 Å². The molecule has 19 heavy (non-hydrogen) atoms. The number of hydrogen-bond acceptors (Lipinski definition) is 6. The van der Waals surface area contributed by atoms with Gasteiger partial charge in [0.15, 0.2) is 0 Å². The van der Waals surface area contributed by atoms with E-state index >= 15 is 0 Å². The van der Waals surface area contributed by atoms with Crippen LogP contribution < -0.4 is 0 Å². The van der Waals surface area contributed by atoms with Crippen LogP contribution in [0.3, 0.4) is 0 Å². The fraction of sp³-hybridized carbons (Fsp3) is 0.727. The van der Waals surface area contributed by atoms with Crippen molar-refractivity contribution in [2.75, 3.05) is 41.0 Å². The zero-order chi connectivity index (χ0) is 14.9. The van der Waals surface area contributed by atoms with E-state index in [4.69, 9.17) is 18.4 Å². The van der Waals surface area contributed by atoms with E-state index in [9.17, 15) is 9.36 Å². The van der Waals surface area contributed by atoms with E-state index in [1.165, 1.54) is 6.08 Å². The van der Waals surface area contributed by atoms with Crippen LogP contribution in [-0.2, 0) is 27.8 Å². The quantitative estimate of drug-likeness (QED) is 0.202. The van der Waals surface area contributed by atoms with E-state index in [2.05, 4.69) is 6.58 Å². The van der Waals surface area contributed by atoms with Crippen LogP contribution in [0.5, 0.6) is 0 Å². The molecule has 0 heterocycles. The lowest BCUT2D eigenvalue weighted by atomic mass is 10.5. The highest BCUT2D eigenvalue weighted by Crippen LogP contribution is 2.50. The SMILES string of the molecule is C=CCOC(=O)CCOP(=O)(OCC)O[N+](C)(C)C. The van der Waals surface area contributed by atoms with Gasteiger partial charge in [0.1, 0.15) is 6.61 Å². The van der Waals surface area contributed by atoms with Crippen LogP contribution in [0.25, 0.3) is 0 Å². The van der Waals surface area contributed by atoms with Crippen LogP contribution in [0.4, 0.5) is 0 Å². The van der Waals surface area contributed by atoms with Crippen LogP contribution in [0, 0.1) is 0 Å². The highest BCUT2D eigenvalue weighted by atomic mass is 31.2. The van der Waals surface area contributed by atoms with Gasteiger partial charge in [-0.3, -0.25) is 13.8 Å². The number of hydrogen-bond donors (Lipinski definition) is 0. The lowest BCUT2D eigenvalue weighted by molar-refractivity contribution is -1.04. The van der Waals surface area contributed by atoms with Gasteiger partial charge in [0.2, 0.25) is 0 Å². The minimum atomic E-state index is -3.68. The standard InChI is InChI=1S/C11H23NO6P/c1-6-9-15-11(13)8-10-17-19(14,16-7-2)18-12(3,4)5/h6H,1,7-10H2,2-5H3/q+1. The Labute approximate surface area is 114 Å². The second-order valence-corrected chi connectivity index (χ2v) is 5.97. The summed E-state index contributed by atoms with van der Waals surface area (Å²) >= 11 is 0. The molecule has 1 unspecified atom stereocenters. The fourth-order valence-electron chi connectivity index (χ4n) is 1.01. The normalized spacial score (nSPS) is 14.7. The monoisotopic (exact) mass is 296 g/mol. The minimum Gasteiger partial charge on any atom is -0.461 e. The largest absolute Gasteiger partial charge is 0.520 e. The molecule has 7 nitrogen and oxygen atoms in total. The smallest absolute Gasteiger partial charge is 0.461 e. The Hall–Kier alpha value is -0.720. The van der Waals surface area contributed by atoms with Crippen molar-refractivity contribution in [3.05, 3.63) is 12.7 Å². The van der Waals surface area contributed by atoms with Crippen molar-refractivity contribution >= 4 is 13.8 Å². The molecular formula is C11H23NO6P+. The number of phosphoric acid groups is 1. The van der Waals surface area contributed by atoms with Gasteiger partial charge in [-0.25, -0.2) is 4.57 Å². The van der Waals surface area contributed by atoms with E-state index in [-0.39, 0.29) is 30.9 Å². The maximum absolute atomic E-state index is 12.2. The van der Waals surface area contributed by atoms with Crippen molar-refractivity contribution in [2.24, 2.45) is 0 Å². The van der Waals surface area contributed by atoms with Crippen LogP contribution >= 0.6 is 7.82 Å². The molecule has 0 N–H and O–H groups in total.